The Morgan fingerprint density at radius 1 is 1.15 bits per heavy atom. The van der Waals surface area contributed by atoms with Crippen molar-refractivity contribution in [2.45, 2.75) is 0 Å². The normalized spacial score (nSPS) is 14.8. The highest BCUT2D eigenvalue weighted by Gasteiger charge is 2.36. The van der Waals surface area contributed by atoms with Crippen molar-refractivity contribution >= 4 is 58.0 Å². The van der Waals surface area contributed by atoms with Crippen molar-refractivity contribution in [3.63, 3.8) is 0 Å². The van der Waals surface area contributed by atoms with Crippen LogP contribution in [0.4, 0.5) is 9.18 Å². The molecule has 11 heteroatoms. The second-order valence-corrected chi connectivity index (χ2v) is 8.43. The van der Waals surface area contributed by atoms with Crippen molar-refractivity contribution in [2.24, 2.45) is 0 Å². The topological polar surface area (TPSA) is 89.5 Å². The van der Waals surface area contributed by atoms with E-state index >= 15 is 0 Å². The molecule has 2 amide bonds. The van der Waals surface area contributed by atoms with Gasteiger partial charge in [0.2, 0.25) is 11.1 Å². The van der Waals surface area contributed by atoms with Gasteiger partial charge in [-0.2, -0.15) is 9.37 Å². The molecule has 1 aliphatic heterocycles. The lowest BCUT2D eigenvalue weighted by Gasteiger charge is -2.11. The van der Waals surface area contributed by atoms with E-state index in [1.54, 1.807) is 30.3 Å². The minimum atomic E-state index is -0.795. The van der Waals surface area contributed by atoms with Crippen LogP contribution in [0.15, 0.2) is 59.6 Å². The Hall–Kier alpha value is -3.27. The van der Waals surface area contributed by atoms with Crippen LogP contribution in [-0.4, -0.2) is 38.3 Å². The molecule has 0 saturated carbocycles. The highest BCUT2D eigenvalue weighted by molar-refractivity contribution is 8.18. The quantitative estimate of drug-likeness (QED) is 0.244. The van der Waals surface area contributed by atoms with Gasteiger partial charge in [-0.15, -0.1) is 0 Å². The van der Waals surface area contributed by atoms with Crippen molar-refractivity contribution < 1.29 is 23.5 Å². The fraction of sp³-hybridized carbons (Fsp3) is 0.0455. The SMILES string of the molecule is O=C(CN1C(=O)S/C(=C/c2cccc(Oc3nc(Cl)ncc3F)c2)C1=O)c1ccc(Cl)cc1. The number of imide groups is 1. The zero-order valence-electron chi connectivity index (χ0n) is 16.5. The molecule has 7 nitrogen and oxygen atoms in total. The molecular weight excluding hydrogens is 492 g/mol. The standard InChI is InChI=1S/C22H12Cl2FN3O4S/c23-14-6-4-13(5-7-14)17(29)11-28-20(30)18(33-22(28)31)9-12-2-1-3-15(8-12)32-19-16(25)10-26-21(24)27-19/h1-10H,11H2/b18-9+. The van der Waals surface area contributed by atoms with Gasteiger partial charge in [0.1, 0.15) is 5.75 Å². The van der Waals surface area contributed by atoms with Gasteiger partial charge in [0.15, 0.2) is 5.78 Å². The summed E-state index contributed by atoms with van der Waals surface area (Å²) in [4.78, 5) is 45.7. The fourth-order valence-corrected chi connectivity index (χ4v) is 3.93. The van der Waals surface area contributed by atoms with Crippen molar-refractivity contribution in [1.82, 2.24) is 14.9 Å². The molecule has 0 atom stereocenters. The van der Waals surface area contributed by atoms with Crippen LogP contribution in [0.3, 0.4) is 0 Å². The zero-order chi connectivity index (χ0) is 23.5. The summed E-state index contributed by atoms with van der Waals surface area (Å²) in [5.41, 5.74) is 0.854. The van der Waals surface area contributed by atoms with E-state index in [9.17, 15) is 18.8 Å². The Kier molecular flexibility index (Phi) is 6.73. The second-order valence-electron chi connectivity index (χ2n) is 6.66. The van der Waals surface area contributed by atoms with Crippen LogP contribution in [0.1, 0.15) is 15.9 Å². The molecule has 0 spiro atoms. The molecule has 4 rings (SSSR count). The number of carbonyl (C=O) groups is 3. The number of carbonyl (C=O) groups excluding carboxylic acids is 3. The number of ketones is 1. The third-order valence-corrected chi connectivity index (χ3v) is 5.74. The smallest absolute Gasteiger partial charge is 0.293 e. The molecular formula is C22H12Cl2FN3O4S. The summed E-state index contributed by atoms with van der Waals surface area (Å²) in [6.45, 7) is -0.388. The maximum atomic E-state index is 13.8. The van der Waals surface area contributed by atoms with Crippen molar-refractivity contribution in [3.8, 4) is 11.6 Å². The van der Waals surface area contributed by atoms with Gasteiger partial charge < -0.3 is 4.74 Å². The van der Waals surface area contributed by atoms with E-state index in [1.807, 2.05) is 0 Å². The average molecular weight is 504 g/mol. The van der Waals surface area contributed by atoms with Crippen LogP contribution < -0.4 is 4.74 Å². The van der Waals surface area contributed by atoms with Gasteiger partial charge in [-0.05, 0) is 71.4 Å². The lowest BCUT2D eigenvalue weighted by molar-refractivity contribution is -0.122. The average Bonchev–Trinajstić information content (AvgIpc) is 3.04. The first-order chi connectivity index (χ1) is 15.8. The number of hydrogen-bond donors (Lipinski definition) is 0. The third kappa shape index (κ3) is 5.39. The van der Waals surface area contributed by atoms with Gasteiger partial charge in [0.05, 0.1) is 17.6 Å². The molecule has 1 aliphatic rings. The molecule has 0 bridgehead atoms. The highest BCUT2D eigenvalue weighted by Crippen LogP contribution is 2.33. The summed E-state index contributed by atoms with van der Waals surface area (Å²) in [6.07, 6.45) is 2.36. The molecule has 0 unspecified atom stereocenters. The molecule has 1 aromatic heterocycles. The second kappa shape index (κ2) is 9.70. The van der Waals surface area contributed by atoms with E-state index in [0.717, 1.165) is 11.1 Å². The number of hydrogen-bond acceptors (Lipinski definition) is 7. The Morgan fingerprint density at radius 3 is 2.67 bits per heavy atom. The Labute approximate surface area is 201 Å². The number of Topliss-reactive ketones (excluding diaryl/α,β-unsaturated/α-hetero) is 1. The van der Waals surface area contributed by atoms with Gasteiger partial charge in [0, 0.05) is 10.6 Å². The molecule has 2 aromatic carbocycles. The number of aromatic nitrogens is 2. The molecule has 1 fully saturated rings. The summed E-state index contributed by atoms with van der Waals surface area (Å²) in [5.74, 6) is -1.90. The molecule has 1 saturated heterocycles. The van der Waals surface area contributed by atoms with Gasteiger partial charge >= 0.3 is 0 Å². The summed E-state index contributed by atoms with van der Waals surface area (Å²) < 4.78 is 19.2. The largest absolute Gasteiger partial charge is 0.436 e. The molecule has 0 aliphatic carbocycles. The molecule has 33 heavy (non-hydrogen) atoms. The Morgan fingerprint density at radius 2 is 1.91 bits per heavy atom. The Balaban J connectivity index is 1.50. The lowest BCUT2D eigenvalue weighted by Crippen LogP contribution is -2.33. The number of nitrogens with zero attached hydrogens (tertiary/aromatic N) is 3. The molecule has 3 aromatic rings. The third-order valence-electron chi connectivity index (χ3n) is 4.39. The number of halogens is 3. The van der Waals surface area contributed by atoms with Crippen molar-refractivity contribution in [3.05, 3.63) is 86.9 Å². The van der Waals surface area contributed by atoms with Crippen LogP contribution in [0.25, 0.3) is 6.08 Å². The first kappa shape index (κ1) is 22.9. The molecule has 2 heterocycles. The highest BCUT2D eigenvalue weighted by atomic mass is 35.5. The van der Waals surface area contributed by atoms with Crippen LogP contribution in [0.5, 0.6) is 11.6 Å². The van der Waals surface area contributed by atoms with E-state index in [0.29, 0.717) is 27.9 Å². The van der Waals surface area contributed by atoms with Gasteiger partial charge in [-0.25, -0.2) is 4.98 Å². The van der Waals surface area contributed by atoms with E-state index in [1.165, 1.54) is 24.3 Å². The van der Waals surface area contributed by atoms with Crippen molar-refractivity contribution in [1.29, 1.82) is 0 Å². The number of rotatable bonds is 6. The van der Waals surface area contributed by atoms with E-state index in [4.69, 9.17) is 27.9 Å². The predicted molar refractivity (Wildman–Crippen MR) is 122 cm³/mol. The van der Waals surface area contributed by atoms with Crippen LogP contribution in [0, 0.1) is 5.82 Å². The molecule has 166 valence electrons. The van der Waals surface area contributed by atoms with Gasteiger partial charge in [0.25, 0.3) is 17.0 Å². The Bertz CT molecular complexity index is 1300. The van der Waals surface area contributed by atoms with Crippen molar-refractivity contribution in [2.75, 3.05) is 6.54 Å². The number of benzene rings is 2. The molecule has 0 radical (unpaired) electrons. The van der Waals surface area contributed by atoms with Gasteiger partial charge in [-0.3, -0.25) is 19.3 Å². The number of thioether (sulfide) groups is 1. The van der Waals surface area contributed by atoms with E-state index < -0.39 is 22.7 Å². The van der Waals surface area contributed by atoms with Crippen LogP contribution in [0.2, 0.25) is 10.3 Å². The predicted octanol–water partition coefficient (Wildman–Crippen LogP) is 5.63. The van der Waals surface area contributed by atoms with E-state index in [2.05, 4.69) is 9.97 Å². The first-order valence-corrected chi connectivity index (χ1v) is 10.9. The van der Waals surface area contributed by atoms with E-state index in [-0.39, 0.29) is 28.4 Å². The van der Waals surface area contributed by atoms with Gasteiger partial charge in [-0.1, -0.05) is 23.7 Å². The summed E-state index contributed by atoms with van der Waals surface area (Å²) >= 11 is 12.2. The maximum absolute atomic E-state index is 13.8. The minimum Gasteiger partial charge on any atom is -0.436 e. The summed E-state index contributed by atoms with van der Waals surface area (Å²) in [5, 5.41) is -0.263. The minimum absolute atomic E-state index is 0.136. The zero-order valence-corrected chi connectivity index (χ0v) is 18.8. The first-order valence-electron chi connectivity index (χ1n) is 9.30. The number of amides is 2. The monoisotopic (exact) mass is 503 g/mol. The van der Waals surface area contributed by atoms with Crippen LogP contribution in [-0.2, 0) is 4.79 Å². The lowest BCUT2D eigenvalue weighted by atomic mass is 10.1. The molecule has 0 N–H and O–H groups in total. The summed E-state index contributed by atoms with van der Waals surface area (Å²) in [6, 6.07) is 12.5. The maximum Gasteiger partial charge on any atom is 0.293 e. The van der Waals surface area contributed by atoms with Crippen LogP contribution >= 0.6 is 35.0 Å². The summed E-state index contributed by atoms with van der Waals surface area (Å²) in [7, 11) is 0. The fourth-order valence-electron chi connectivity index (χ4n) is 2.84. The number of ether oxygens (including phenoxy) is 1.